The summed E-state index contributed by atoms with van der Waals surface area (Å²) in [6.45, 7) is 7.54. The normalized spacial score (nSPS) is 33.2. The molecule has 1 aliphatic carbocycles. The molecule has 1 unspecified atom stereocenters. The molecule has 0 amide bonds. The van der Waals surface area contributed by atoms with Crippen molar-refractivity contribution >= 4 is 0 Å². The summed E-state index contributed by atoms with van der Waals surface area (Å²) in [7, 11) is 0. The molecule has 0 saturated heterocycles. The van der Waals surface area contributed by atoms with Gasteiger partial charge in [-0.15, -0.1) is 0 Å². The molecule has 1 atom stereocenters. The zero-order chi connectivity index (χ0) is 9.95. The third-order valence-corrected chi connectivity index (χ3v) is 4.30. The minimum absolute atomic E-state index is 0.353. The molecule has 0 radical (unpaired) electrons. The van der Waals surface area contributed by atoms with Crippen LogP contribution in [0.25, 0.3) is 0 Å². The number of hydrogen-bond donors (Lipinski definition) is 1. The molecular formula is C12H24O. The molecule has 0 spiro atoms. The summed E-state index contributed by atoms with van der Waals surface area (Å²) in [6, 6.07) is 0. The number of aliphatic hydroxyl groups excluding tert-OH is 1. The zero-order valence-electron chi connectivity index (χ0n) is 9.40. The van der Waals surface area contributed by atoms with Gasteiger partial charge in [0.25, 0.3) is 0 Å². The van der Waals surface area contributed by atoms with Crippen LogP contribution < -0.4 is 0 Å². The van der Waals surface area contributed by atoms with Gasteiger partial charge in [-0.3, -0.25) is 0 Å². The highest BCUT2D eigenvalue weighted by atomic mass is 16.2. The van der Waals surface area contributed by atoms with Crippen LogP contribution in [-0.2, 0) is 0 Å². The van der Waals surface area contributed by atoms with Gasteiger partial charge in [-0.2, -0.15) is 0 Å². The minimum Gasteiger partial charge on any atom is -0.396 e. The fourth-order valence-electron chi connectivity index (χ4n) is 2.65. The summed E-state index contributed by atoms with van der Waals surface area (Å²) in [4.78, 5) is 0. The summed E-state index contributed by atoms with van der Waals surface area (Å²) in [5.41, 5.74) is 0.939. The summed E-state index contributed by atoms with van der Waals surface area (Å²) in [6.07, 6.45) is 7.64. The fraction of sp³-hybridized carbons (Fsp3) is 1.00. The maximum atomic E-state index is 8.88. The van der Waals surface area contributed by atoms with E-state index in [-0.39, 0.29) is 0 Å². The Kier molecular flexibility index (Phi) is 3.39. The van der Waals surface area contributed by atoms with Crippen LogP contribution in [0.1, 0.15) is 59.3 Å². The smallest absolute Gasteiger partial charge is 0.0431 e. The average Bonchev–Trinajstić information content (AvgIpc) is 2.07. The first-order valence-corrected chi connectivity index (χ1v) is 5.63. The Morgan fingerprint density at radius 3 is 2.23 bits per heavy atom. The molecule has 0 bridgehead atoms. The maximum absolute atomic E-state index is 8.88. The van der Waals surface area contributed by atoms with E-state index in [0.717, 1.165) is 6.42 Å². The minimum atomic E-state index is 0.353. The first-order valence-electron chi connectivity index (χ1n) is 5.63. The lowest BCUT2D eigenvalue weighted by molar-refractivity contribution is 0.0191. The molecule has 1 rings (SSSR count). The lowest BCUT2D eigenvalue weighted by Crippen LogP contribution is -2.38. The van der Waals surface area contributed by atoms with E-state index in [0.29, 0.717) is 17.4 Å². The third kappa shape index (κ3) is 2.25. The Labute approximate surface area is 82.5 Å². The quantitative estimate of drug-likeness (QED) is 0.713. The first-order chi connectivity index (χ1) is 6.02. The topological polar surface area (TPSA) is 20.2 Å². The van der Waals surface area contributed by atoms with Crippen LogP contribution in [-0.4, -0.2) is 11.7 Å². The van der Waals surface area contributed by atoms with E-state index in [4.69, 9.17) is 5.11 Å². The Morgan fingerprint density at radius 2 is 1.69 bits per heavy atom. The van der Waals surface area contributed by atoms with Crippen molar-refractivity contribution < 1.29 is 5.11 Å². The molecule has 78 valence electrons. The van der Waals surface area contributed by atoms with E-state index in [1.165, 1.54) is 32.1 Å². The number of rotatable bonds is 3. The van der Waals surface area contributed by atoms with E-state index in [2.05, 4.69) is 20.8 Å². The highest BCUT2D eigenvalue weighted by Crippen LogP contribution is 2.52. The molecule has 1 aliphatic rings. The predicted molar refractivity (Wildman–Crippen MR) is 56.7 cm³/mol. The largest absolute Gasteiger partial charge is 0.396 e. The van der Waals surface area contributed by atoms with Crippen molar-refractivity contribution in [2.45, 2.75) is 59.3 Å². The second-order valence-corrected chi connectivity index (χ2v) is 5.48. The van der Waals surface area contributed by atoms with Gasteiger partial charge in [-0.1, -0.05) is 33.6 Å². The summed E-state index contributed by atoms with van der Waals surface area (Å²) < 4.78 is 0. The Balaban J connectivity index is 2.60. The van der Waals surface area contributed by atoms with Crippen LogP contribution in [0.5, 0.6) is 0 Å². The lowest BCUT2D eigenvalue weighted by atomic mass is 9.57. The van der Waals surface area contributed by atoms with Crippen molar-refractivity contribution in [3.05, 3.63) is 0 Å². The van der Waals surface area contributed by atoms with Gasteiger partial charge in [0, 0.05) is 6.61 Å². The summed E-state index contributed by atoms with van der Waals surface area (Å²) in [5, 5.41) is 8.88. The zero-order valence-corrected chi connectivity index (χ0v) is 9.40. The molecule has 13 heavy (non-hydrogen) atoms. The van der Waals surface area contributed by atoms with E-state index < -0.39 is 0 Å². The van der Waals surface area contributed by atoms with Crippen LogP contribution in [0.2, 0.25) is 0 Å². The third-order valence-electron chi connectivity index (χ3n) is 4.30. The van der Waals surface area contributed by atoms with Crippen LogP contribution in [0.4, 0.5) is 0 Å². The Morgan fingerprint density at radius 1 is 1.08 bits per heavy atom. The van der Waals surface area contributed by atoms with Gasteiger partial charge in [0.2, 0.25) is 0 Å². The fourth-order valence-corrected chi connectivity index (χ4v) is 2.65. The summed E-state index contributed by atoms with van der Waals surface area (Å²) >= 11 is 0. The second kappa shape index (κ2) is 4.00. The average molecular weight is 184 g/mol. The second-order valence-electron chi connectivity index (χ2n) is 5.48. The van der Waals surface area contributed by atoms with E-state index in [9.17, 15) is 0 Å². The van der Waals surface area contributed by atoms with Crippen molar-refractivity contribution in [3.8, 4) is 0 Å². The van der Waals surface area contributed by atoms with Crippen molar-refractivity contribution in [3.63, 3.8) is 0 Å². The van der Waals surface area contributed by atoms with Gasteiger partial charge < -0.3 is 5.11 Å². The van der Waals surface area contributed by atoms with Crippen LogP contribution in [0.15, 0.2) is 0 Å². The van der Waals surface area contributed by atoms with E-state index in [1.807, 2.05) is 0 Å². The molecule has 0 aromatic heterocycles. The van der Waals surface area contributed by atoms with E-state index >= 15 is 0 Å². The van der Waals surface area contributed by atoms with Gasteiger partial charge in [-0.25, -0.2) is 0 Å². The molecule has 0 aromatic rings. The van der Waals surface area contributed by atoms with Gasteiger partial charge in [0.15, 0.2) is 0 Å². The molecule has 0 heterocycles. The van der Waals surface area contributed by atoms with E-state index in [1.54, 1.807) is 0 Å². The standard InChI is InChI=1S/C12H24O/c1-11(2)7-4-5-8-12(11,3)9-6-10-13/h13H,4-10H2,1-3H3. The van der Waals surface area contributed by atoms with Gasteiger partial charge in [0.05, 0.1) is 0 Å². The van der Waals surface area contributed by atoms with Crippen molar-refractivity contribution in [2.24, 2.45) is 10.8 Å². The predicted octanol–water partition coefficient (Wildman–Crippen LogP) is 3.37. The maximum Gasteiger partial charge on any atom is 0.0431 e. The van der Waals surface area contributed by atoms with Crippen molar-refractivity contribution in [1.29, 1.82) is 0 Å². The number of hydrogen-bond acceptors (Lipinski definition) is 1. The molecule has 1 N–H and O–H groups in total. The SMILES string of the molecule is CC1(C)CCCCC1(C)CCCO. The molecular weight excluding hydrogens is 160 g/mol. The monoisotopic (exact) mass is 184 g/mol. The Bertz CT molecular complexity index is 163. The highest BCUT2D eigenvalue weighted by Gasteiger charge is 2.41. The van der Waals surface area contributed by atoms with Crippen molar-refractivity contribution in [1.82, 2.24) is 0 Å². The molecule has 1 heteroatoms. The van der Waals surface area contributed by atoms with Crippen LogP contribution in [0.3, 0.4) is 0 Å². The van der Waals surface area contributed by atoms with Crippen LogP contribution >= 0.6 is 0 Å². The molecule has 1 saturated carbocycles. The number of aliphatic hydroxyl groups is 1. The van der Waals surface area contributed by atoms with Gasteiger partial charge >= 0.3 is 0 Å². The first kappa shape index (κ1) is 11.0. The molecule has 0 aliphatic heterocycles. The molecule has 1 fully saturated rings. The van der Waals surface area contributed by atoms with Crippen LogP contribution in [0, 0.1) is 10.8 Å². The Hall–Kier alpha value is -0.0400. The van der Waals surface area contributed by atoms with Gasteiger partial charge in [-0.05, 0) is 36.5 Å². The van der Waals surface area contributed by atoms with Crippen molar-refractivity contribution in [2.75, 3.05) is 6.61 Å². The summed E-state index contributed by atoms with van der Waals surface area (Å²) in [5.74, 6) is 0. The highest BCUT2D eigenvalue weighted by molar-refractivity contribution is 4.92. The molecule has 0 aromatic carbocycles. The lowest BCUT2D eigenvalue weighted by Gasteiger charge is -2.48. The van der Waals surface area contributed by atoms with Gasteiger partial charge in [0.1, 0.15) is 0 Å². The molecule has 1 nitrogen and oxygen atoms in total.